The second-order valence-electron chi connectivity index (χ2n) is 6.87. The summed E-state index contributed by atoms with van der Waals surface area (Å²) in [6, 6.07) is 19.7. The van der Waals surface area contributed by atoms with Gasteiger partial charge in [-0.1, -0.05) is 42.5 Å². The molecule has 152 valence electrons. The SMILES string of the molecule is Cc1ccccc1C(=O)NC1=N/C(=C(\C#N)C(=O)NCc2ccco2)c2ccccc21. The Morgan fingerprint density at radius 1 is 1.03 bits per heavy atom. The molecular formula is C24H18N4O3. The molecule has 2 amide bonds. The van der Waals surface area contributed by atoms with Gasteiger partial charge in [-0.2, -0.15) is 5.26 Å². The van der Waals surface area contributed by atoms with Crippen molar-refractivity contribution in [1.29, 1.82) is 5.26 Å². The number of rotatable bonds is 4. The molecule has 2 aromatic carbocycles. The Balaban J connectivity index is 1.66. The molecule has 1 aliphatic rings. The average molecular weight is 410 g/mol. The topological polar surface area (TPSA) is 107 Å². The van der Waals surface area contributed by atoms with Crippen LogP contribution < -0.4 is 10.6 Å². The molecule has 7 heteroatoms. The smallest absolute Gasteiger partial charge is 0.264 e. The zero-order chi connectivity index (χ0) is 21.8. The maximum atomic E-state index is 12.8. The predicted octanol–water partition coefficient (Wildman–Crippen LogP) is 3.33. The molecule has 0 atom stereocenters. The second kappa shape index (κ2) is 8.51. The lowest BCUT2D eigenvalue weighted by Gasteiger charge is -2.08. The lowest BCUT2D eigenvalue weighted by Crippen LogP contribution is -2.30. The first-order valence-corrected chi connectivity index (χ1v) is 9.59. The lowest BCUT2D eigenvalue weighted by molar-refractivity contribution is -0.117. The fourth-order valence-corrected chi connectivity index (χ4v) is 3.30. The molecule has 2 heterocycles. The van der Waals surface area contributed by atoms with Crippen molar-refractivity contribution in [2.75, 3.05) is 0 Å². The van der Waals surface area contributed by atoms with Crippen molar-refractivity contribution < 1.29 is 14.0 Å². The van der Waals surface area contributed by atoms with Crippen LogP contribution in [0.15, 0.2) is 81.9 Å². The number of carbonyl (C=O) groups excluding carboxylic acids is 2. The van der Waals surface area contributed by atoms with Crippen molar-refractivity contribution in [3.05, 3.63) is 101 Å². The van der Waals surface area contributed by atoms with Crippen LogP contribution in [0.4, 0.5) is 0 Å². The normalized spacial score (nSPS) is 13.6. The molecule has 7 nitrogen and oxygen atoms in total. The molecule has 4 rings (SSSR count). The number of hydrogen-bond acceptors (Lipinski definition) is 5. The van der Waals surface area contributed by atoms with Gasteiger partial charge in [0.25, 0.3) is 11.8 Å². The van der Waals surface area contributed by atoms with Gasteiger partial charge in [-0.15, -0.1) is 0 Å². The van der Waals surface area contributed by atoms with Gasteiger partial charge in [0.05, 0.1) is 18.5 Å². The van der Waals surface area contributed by atoms with E-state index in [-0.39, 0.29) is 23.7 Å². The number of hydrogen-bond donors (Lipinski definition) is 2. The van der Waals surface area contributed by atoms with Gasteiger partial charge in [-0.3, -0.25) is 9.59 Å². The summed E-state index contributed by atoms with van der Waals surface area (Å²) in [4.78, 5) is 29.9. The molecular weight excluding hydrogens is 392 g/mol. The van der Waals surface area contributed by atoms with E-state index >= 15 is 0 Å². The largest absolute Gasteiger partial charge is 0.467 e. The van der Waals surface area contributed by atoms with Crippen molar-refractivity contribution >= 4 is 23.3 Å². The molecule has 1 aliphatic heterocycles. The number of furan rings is 1. The van der Waals surface area contributed by atoms with Crippen LogP contribution in [-0.2, 0) is 11.3 Å². The molecule has 0 saturated carbocycles. The van der Waals surface area contributed by atoms with E-state index in [1.807, 2.05) is 25.1 Å². The molecule has 0 fully saturated rings. The number of fused-ring (bicyclic) bond motifs is 1. The van der Waals surface area contributed by atoms with Gasteiger partial charge in [0, 0.05) is 16.7 Å². The van der Waals surface area contributed by atoms with Gasteiger partial charge in [-0.25, -0.2) is 4.99 Å². The fourth-order valence-electron chi connectivity index (χ4n) is 3.30. The molecule has 0 spiro atoms. The number of nitriles is 1. The number of benzene rings is 2. The number of nitrogens with zero attached hydrogens (tertiary/aromatic N) is 2. The summed E-state index contributed by atoms with van der Waals surface area (Å²) < 4.78 is 5.20. The Hall–Kier alpha value is -4.44. The highest BCUT2D eigenvalue weighted by Crippen LogP contribution is 2.30. The highest BCUT2D eigenvalue weighted by atomic mass is 16.3. The minimum absolute atomic E-state index is 0.140. The van der Waals surface area contributed by atoms with Crippen LogP contribution in [0.1, 0.15) is 32.8 Å². The third-order valence-electron chi connectivity index (χ3n) is 4.86. The average Bonchev–Trinajstić information content (AvgIpc) is 3.42. The molecule has 0 bridgehead atoms. The van der Waals surface area contributed by atoms with E-state index in [2.05, 4.69) is 15.6 Å². The van der Waals surface area contributed by atoms with Crippen LogP contribution in [0.25, 0.3) is 5.70 Å². The summed E-state index contributed by atoms with van der Waals surface area (Å²) in [6.45, 7) is 1.99. The van der Waals surface area contributed by atoms with Crippen molar-refractivity contribution in [3.63, 3.8) is 0 Å². The summed E-state index contributed by atoms with van der Waals surface area (Å²) in [7, 11) is 0. The maximum Gasteiger partial charge on any atom is 0.264 e. The minimum Gasteiger partial charge on any atom is -0.467 e. The van der Waals surface area contributed by atoms with Gasteiger partial charge in [0.2, 0.25) is 0 Å². The van der Waals surface area contributed by atoms with Crippen LogP contribution in [-0.4, -0.2) is 17.6 Å². The number of nitrogens with one attached hydrogen (secondary N) is 2. The first kappa shape index (κ1) is 19.9. The summed E-state index contributed by atoms with van der Waals surface area (Å²) in [5.74, 6) is -0.0183. The first-order valence-electron chi connectivity index (χ1n) is 9.59. The van der Waals surface area contributed by atoms with Crippen molar-refractivity contribution in [2.45, 2.75) is 13.5 Å². The second-order valence-corrected chi connectivity index (χ2v) is 6.87. The summed E-state index contributed by atoms with van der Waals surface area (Å²) in [6.07, 6.45) is 1.51. The molecule has 0 radical (unpaired) electrons. The Kier molecular flexibility index (Phi) is 5.45. The third-order valence-corrected chi connectivity index (χ3v) is 4.86. The van der Waals surface area contributed by atoms with E-state index in [9.17, 15) is 14.9 Å². The highest BCUT2D eigenvalue weighted by molar-refractivity contribution is 6.20. The summed E-state index contributed by atoms with van der Waals surface area (Å²) >= 11 is 0. The van der Waals surface area contributed by atoms with Gasteiger partial charge in [-0.05, 0) is 30.7 Å². The van der Waals surface area contributed by atoms with Crippen LogP contribution >= 0.6 is 0 Å². The number of amides is 2. The molecule has 2 N–H and O–H groups in total. The maximum absolute atomic E-state index is 12.8. The Bertz CT molecular complexity index is 1260. The molecule has 0 saturated heterocycles. The van der Waals surface area contributed by atoms with Crippen molar-refractivity contribution in [3.8, 4) is 6.07 Å². The zero-order valence-electron chi connectivity index (χ0n) is 16.7. The highest BCUT2D eigenvalue weighted by Gasteiger charge is 2.27. The van der Waals surface area contributed by atoms with Crippen LogP contribution in [0.3, 0.4) is 0 Å². The number of carbonyl (C=O) groups is 2. The molecule has 3 aromatic rings. The van der Waals surface area contributed by atoms with Gasteiger partial charge in [0.15, 0.2) is 0 Å². The van der Waals surface area contributed by atoms with Gasteiger partial charge >= 0.3 is 0 Å². The number of amidine groups is 1. The Morgan fingerprint density at radius 2 is 1.77 bits per heavy atom. The predicted molar refractivity (Wildman–Crippen MR) is 115 cm³/mol. The van der Waals surface area contributed by atoms with Crippen LogP contribution in [0.2, 0.25) is 0 Å². The van der Waals surface area contributed by atoms with Crippen molar-refractivity contribution in [2.24, 2.45) is 4.99 Å². The first-order chi connectivity index (χ1) is 15.1. The van der Waals surface area contributed by atoms with E-state index < -0.39 is 5.91 Å². The molecule has 31 heavy (non-hydrogen) atoms. The summed E-state index contributed by atoms with van der Waals surface area (Å²) in [5, 5.41) is 15.2. The van der Waals surface area contributed by atoms with E-state index in [4.69, 9.17) is 4.42 Å². The number of aliphatic imine (C=N–C) groups is 1. The zero-order valence-corrected chi connectivity index (χ0v) is 16.7. The minimum atomic E-state index is -0.570. The van der Waals surface area contributed by atoms with E-state index in [1.165, 1.54) is 6.26 Å². The molecule has 0 aliphatic carbocycles. The number of aryl methyl sites for hydroxylation is 1. The van der Waals surface area contributed by atoms with Crippen molar-refractivity contribution in [1.82, 2.24) is 10.6 Å². The fraction of sp³-hybridized carbons (Fsp3) is 0.0833. The Labute approximate surface area is 178 Å². The van der Waals surface area contributed by atoms with Gasteiger partial charge in [0.1, 0.15) is 23.2 Å². The summed E-state index contributed by atoms with van der Waals surface area (Å²) in [5.41, 5.74) is 2.68. The Morgan fingerprint density at radius 3 is 2.48 bits per heavy atom. The van der Waals surface area contributed by atoms with Crippen LogP contribution in [0.5, 0.6) is 0 Å². The van der Waals surface area contributed by atoms with E-state index in [0.717, 1.165) is 5.56 Å². The molecule has 0 unspecified atom stereocenters. The van der Waals surface area contributed by atoms with Crippen LogP contribution in [0, 0.1) is 18.3 Å². The van der Waals surface area contributed by atoms with Gasteiger partial charge < -0.3 is 15.1 Å². The van der Waals surface area contributed by atoms with E-state index in [0.29, 0.717) is 28.3 Å². The quantitative estimate of drug-likeness (QED) is 0.508. The van der Waals surface area contributed by atoms with E-state index in [1.54, 1.807) is 48.5 Å². The lowest BCUT2D eigenvalue weighted by atomic mass is 10.0. The monoisotopic (exact) mass is 410 g/mol. The third kappa shape index (κ3) is 4.00. The molecule has 1 aromatic heterocycles. The standard InChI is InChI=1S/C24H18N4O3/c1-15-7-2-3-9-17(15)24(30)28-22-19-11-5-4-10-18(19)21(27-22)20(13-25)23(29)26-14-16-8-6-12-31-16/h2-12H,14H2,1H3,(H,26,29)(H,27,28,30)/b21-20+.